The fourth-order valence-corrected chi connectivity index (χ4v) is 8.80. The second-order valence-corrected chi connectivity index (χ2v) is 14.5. The van der Waals surface area contributed by atoms with E-state index in [1.165, 1.54) is 43.9 Å². The molecule has 1 aliphatic carbocycles. The first kappa shape index (κ1) is 29.9. The summed E-state index contributed by atoms with van der Waals surface area (Å²) in [7, 11) is 0. The maximum Gasteiger partial charge on any atom is 0.160 e. The van der Waals surface area contributed by atoms with Crippen molar-refractivity contribution in [2.75, 3.05) is 0 Å². The molecule has 0 saturated carbocycles. The van der Waals surface area contributed by atoms with Crippen LogP contribution in [0.4, 0.5) is 0 Å². The third-order valence-corrected chi connectivity index (χ3v) is 11.2. The molecule has 0 saturated heterocycles. The van der Waals surface area contributed by atoms with Crippen molar-refractivity contribution in [1.82, 2.24) is 14.5 Å². The average molecular weight is 680 g/mol. The SMILES string of the molecule is CC1(C)c2ccccc2-c2c1c1c(c3ccccc3n1-c1ccc(-c3nc(-c4ccccc4)cc(-c4ccccc4)n3)cc1)c1c2oc2ccccc21. The van der Waals surface area contributed by atoms with Gasteiger partial charge in [-0.15, -0.1) is 0 Å². The summed E-state index contributed by atoms with van der Waals surface area (Å²) < 4.78 is 9.31. The predicted molar refractivity (Wildman–Crippen MR) is 218 cm³/mol. The summed E-state index contributed by atoms with van der Waals surface area (Å²) in [6.07, 6.45) is 0. The molecule has 250 valence electrons. The van der Waals surface area contributed by atoms with Crippen LogP contribution in [0.2, 0.25) is 0 Å². The van der Waals surface area contributed by atoms with E-state index >= 15 is 0 Å². The van der Waals surface area contributed by atoms with E-state index in [1.807, 2.05) is 12.1 Å². The first-order valence-corrected chi connectivity index (χ1v) is 18.2. The second-order valence-electron chi connectivity index (χ2n) is 14.5. The predicted octanol–water partition coefficient (Wildman–Crippen LogP) is 12.8. The molecule has 7 aromatic carbocycles. The van der Waals surface area contributed by atoms with Gasteiger partial charge in [-0.25, -0.2) is 9.97 Å². The van der Waals surface area contributed by atoms with Gasteiger partial charge in [0.2, 0.25) is 0 Å². The Morgan fingerprint density at radius 1 is 0.547 bits per heavy atom. The van der Waals surface area contributed by atoms with Crippen LogP contribution in [0.15, 0.2) is 168 Å². The smallest absolute Gasteiger partial charge is 0.160 e. The van der Waals surface area contributed by atoms with Crippen LogP contribution in [0.1, 0.15) is 25.0 Å². The first-order chi connectivity index (χ1) is 26.1. The monoisotopic (exact) mass is 679 g/mol. The quantitative estimate of drug-likeness (QED) is 0.186. The minimum Gasteiger partial charge on any atom is -0.455 e. The number of nitrogens with zero attached hydrogens (tertiary/aromatic N) is 3. The topological polar surface area (TPSA) is 43.9 Å². The molecule has 11 rings (SSSR count). The highest BCUT2D eigenvalue weighted by atomic mass is 16.3. The Kier molecular flexibility index (Phi) is 6.27. The van der Waals surface area contributed by atoms with Crippen molar-refractivity contribution in [1.29, 1.82) is 0 Å². The van der Waals surface area contributed by atoms with Crippen molar-refractivity contribution < 1.29 is 4.42 Å². The third kappa shape index (κ3) is 4.30. The molecule has 0 radical (unpaired) electrons. The van der Waals surface area contributed by atoms with E-state index in [0.717, 1.165) is 55.8 Å². The number of benzene rings is 7. The minimum absolute atomic E-state index is 0.261. The van der Waals surface area contributed by atoms with Gasteiger partial charge in [0.25, 0.3) is 0 Å². The Labute approximate surface area is 306 Å². The number of hydrogen-bond donors (Lipinski definition) is 0. The summed E-state index contributed by atoms with van der Waals surface area (Å²) in [5.41, 5.74) is 15.0. The van der Waals surface area contributed by atoms with Gasteiger partial charge >= 0.3 is 0 Å². The number of rotatable bonds is 4. The van der Waals surface area contributed by atoms with Gasteiger partial charge < -0.3 is 8.98 Å². The van der Waals surface area contributed by atoms with Crippen LogP contribution in [0, 0.1) is 0 Å². The zero-order chi connectivity index (χ0) is 35.3. The lowest BCUT2D eigenvalue weighted by molar-refractivity contribution is 0.656. The molecule has 4 nitrogen and oxygen atoms in total. The van der Waals surface area contributed by atoms with E-state index in [1.54, 1.807) is 0 Å². The standard InChI is InChI=1S/C49H33N3O/c1-49(2)37-22-12-9-19-34(37)44-45(49)46-42(43-36-21-11-14-24-41(36)53-47(43)44)35-20-10-13-23-40(35)52(46)33-27-25-32(26-28-33)48-50-38(30-15-5-3-6-16-30)29-39(51-48)31-17-7-4-8-18-31/h3-29H,1-2H3. The molecule has 3 aromatic heterocycles. The van der Waals surface area contributed by atoms with E-state index in [-0.39, 0.29) is 5.41 Å². The molecule has 0 unspecified atom stereocenters. The Balaban J connectivity index is 1.18. The number of aromatic nitrogens is 3. The van der Waals surface area contributed by atoms with Crippen molar-refractivity contribution in [3.05, 3.63) is 175 Å². The Morgan fingerprint density at radius 2 is 1.15 bits per heavy atom. The molecule has 0 spiro atoms. The summed E-state index contributed by atoms with van der Waals surface area (Å²) in [5.74, 6) is 0.697. The van der Waals surface area contributed by atoms with Crippen molar-refractivity contribution in [2.45, 2.75) is 19.3 Å². The molecule has 3 heterocycles. The number of hydrogen-bond acceptors (Lipinski definition) is 3. The van der Waals surface area contributed by atoms with Crippen LogP contribution in [-0.2, 0) is 5.41 Å². The van der Waals surface area contributed by atoms with Crippen molar-refractivity contribution >= 4 is 43.7 Å². The lowest BCUT2D eigenvalue weighted by atomic mass is 9.81. The molecule has 4 heteroatoms. The molecule has 53 heavy (non-hydrogen) atoms. The highest BCUT2D eigenvalue weighted by molar-refractivity contribution is 6.31. The van der Waals surface area contributed by atoms with Gasteiger partial charge in [0.05, 0.1) is 22.4 Å². The maximum atomic E-state index is 6.84. The third-order valence-electron chi connectivity index (χ3n) is 11.2. The van der Waals surface area contributed by atoms with E-state index < -0.39 is 0 Å². The van der Waals surface area contributed by atoms with Gasteiger partial charge in [-0.2, -0.15) is 0 Å². The Morgan fingerprint density at radius 3 is 1.87 bits per heavy atom. The Bertz CT molecular complexity index is 3000. The summed E-state index contributed by atoms with van der Waals surface area (Å²) in [6.45, 7) is 4.72. The molecule has 1 aliphatic rings. The van der Waals surface area contributed by atoms with E-state index in [4.69, 9.17) is 14.4 Å². The highest BCUT2D eigenvalue weighted by Crippen LogP contribution is 2.57. The lowest BCUT2D eigenvalue weighted by Crippen LogP contribution is -2.16. The molecule has 10 aromatic rings. The first-order valence-electron chi connectivity index (χ1n) is 18.2. The van der Waals surface area contributed by atoms with Crippen LogP contribution in [-0.4, -0.2) is 14.5 Å². The maximum absolute atomic E-state index is 6.84. The van der Waals surface area contributed by atoms with Gasteiger partial charge in [-0.1, -0.05) is 135 Å². The highest BCUT2D eigenvalue weighted by Gasteiger charge is 2.41. The minimum atomic E-state index is -0.261. The van der Waals surface area contributed by atoms with Crippen LogP contribution in [0.25, 0.3) is 94.5 Å². The lowest BCUT2D eigenvalue weighted by Gasteiger charge is -2.24. The van der Waals surface area contributed by atoms with Gasteiger partial charge in [0.15, 0.2) is 5.82 Å². The fourth-order valence-electron chi connectivity index (χ4n) is 8.80. The van der Waals surface area contributed by atoms with Gasteiger partial charge in [-0.05, 0) is 59.2 Å². The molecule has 0 atom stereocenters. The van der Waals surface area contributed by atoms with Crippen LogP contribution >= 0.6 is 0 Å². The van der Waals surface area contributed by atoms with E-state index in [0.29, 0.717) is 5.82 Å². The van der Waals surface area contributed by atoms with E-state index in [9.17, 15) is 0 Å². The molecule has 0 N–H and O–H groups in total. The molecule has 0 amide bonds. The zero-order valence-corrected chi connectivity index (χ0v) is 29.3. The number of furan rings is 1. The normalized spacial score (nSPS) is 13.2. The summed E-state index contributed by atoms with van der Waals surface area (Å²) in [4.78, 5) is 10.2. The van der Waals surface area contributed by atoms with Crippen LogP contribution in [0.5, 0.6) is 0 Å². The number of fused-ring (bicyclic) bond motifs is 12. The second kappa shape index (κ2) is 11.1. The van der Waals surface area contributed by atoms with Crippen LogP contribution < -0.4 is 0 Å². The van der Waals surface area contributed by atoms with Gasteiger partial charge in [0.1, 0.15) is 11.2 Å². The summed E-state index contributed by atoms with van der Waals surface area (Å²) in [5, 5.41) is 4.76. The average Bonchev–Trinajstić information content (AvgIpc) is 3.84. The Hall–Kier alpha value is -6.78. The number of para-hydroxylation sites is 2. The largest absolute Gasteiger partial charge is 0.455 e. The van der Waals surface area contributed by atoms with Crippen molar-refractivity contribution in [3.63, 3.8) is 0 Å². The summed E-state index contributed by atoms with van der Waals surface area (Å²) >= 11 is 0. The van der Waals surface area contributed by atoms with Gasteiger partial charge in [0, 0.05) is 54.9 Å². The van der Waals surface area contributed by atoms with Crippen LogP contribution in [0.3, 0.4) is 0 Å². The molecular formula is C49H33N3O. The molecular weight excluding hydrogens is 647 g/mol. The molecule has 0 bridgehead atoms. The van der Waals surface area contributed by atoms with Gasteiger partial charge in [-0.3, -0.25) is 0 Å². The van der Waals surface area contributed by atoms with Crippen molar-refractivity contribution in [3.8, 4) is 50.7 Å². The molecule has 0 fully saturated rings. The molecule has 0 aliphatic heterocycles. The fraction of sp³-hybridized carbons (Fsp3) is 0.0612. The summed E-state index contributed by atoms with van der Waals surface area (Å²) in [6, 6.07) is 57.7. The zero-order valence-electron chi connectivity index (χ0n) is 29.3. The van der Waals surface area contributed by atoms with E-state index in [2.05, 4.69) is 170 Å². The van der Waals surface area contributed by atoms with Crippen molar-refractivity contribution in [2.24, 2.45) is 0 Å².